The number of pyridine rings is 1. The number of rotatable bonds is 6. The van der Waals surface area contributed by atoms with Crippen LogP contribution in [0.15, 0.2) is 42.7 Å². The number of methoxy groups -OCH3 is 1. The smallest absolute Gasteiger partial charge is 0.314 e. The molecule has 1 aliphatic carbocycles. The Balaban J connectivity index is 1.39. The van der Waals surface area contributed by atoms with E-state index in [2.05, 4.69) is 15.6 Å². The number of esters is 1. The molecule has 5 rings (SSSR count). The van der Waals surface area contributed by atoms with Crippen LogP contribution >= 0.6 is 11.6 Å². The number of carbonyl (C=O) groups is 4. The van der Waals surface area contributed by atoms with Gasteiger partial charge in [-0.05, 0) is 61.9 Å². The number of benzene rings is 1. The van der Waals surface area contributed by atoms with Crippen molar-refractivity contribution < 1.29 is 33.4 Å². The van der Waals surface area contributed by atoms with Crippen LogP contribution in [0.2, 0.25) is 5.02 Å². The topological polar surface area (TPSA) is 141 Å². The molecule has 46 heavy (non-hydrogen) atoms. The van der Waals surface area contributed by atoms with E-state index >= 15 is 0 Å². The standard InChI is InChI=1S/C33H40ClN5O7/c1-3-45-32(43)33(16-22-6-7-22)17-23-8-10-26(44-2)27(15-23)46-20-30(41)35-12-14-38(13-4-5-29(40)36-21-33)31(42)25-19-39-18-24(34)9-11-28(39)37-25/h8-11,15,18-19,22H,3-7,12-14,16-17,20-21H2,1-2H3,(H,35,41)(H,36,40). The molecule has 1 unspecified atom stereocenters. The summed E-state index contributed by atoms with van der Waals surface area (Å²) >= 11 is 6.10. The van der Waals surface area contributed by atoms with Gasteiger partial charge >= 0.3 is 5.97 Å². The van der Waals surface area contributed by atoms with Crippen LogP contribution in [0.5, 0.6) is 11.5 Å². The van der Waals surface area contributed by atoms with Crippen LogP contribution < -0.4 is 20.1 Å². The fraction of sp³-hybridized carbons (Fsp3) is 0.485. The first-order chi connectivity index (χ1) is 22.2. The summed E-state index contributed by atoms with van der Waals surface area (Å²) in [6, 6.07) is 8.77. The number of aromatic nitrogens is 2. The molecule has 0 radical (unpaired) electrons. The van der Waals surface area contributed by atoms with E-state index in [1.807, 2.05) is 6.07 Å². The van der Waals surface area contributed by atoms with Crippen molar-refractivity contribution in [2.24, 2.45) is 11.3 Å². The van der Waals surface area contributed by atoms with Crippen molar-refractivity contribution >= 4 is 40.9 Å². The van der Waals surface area contributed by atoms with E-state index in [1.165, 1.54) is 7.11 Å². The summed E-state index contributed by atoms with van der Waals surface area (Å²) < 4.78 is 18.6. The monoisotopic (exact) mass is 653 g/mol. The molecule has 1 saturated carbocycles. The molecule has 0 spiro atoms. The van der Waals surface area contributed by atoms with Crippen molar-refractivity contribution in [1.82, 2.24) is 24.9 Å². The maximum atomic E-state index is 13.6. The Morgan fingerprint density at radius 3 is 2.70 bits per heavy atom. The Hall–Kier alpha value is -4.32. The van der Waals surface area contributed by atoms with Gasteiger partial charge in [0, 0.05) is 45.0 Å². The number of hydrogen-bond acceptors (Lipinski definition) is 8. The summed E-state index contributed by atoms with van der Waals surface area (Å²) in [4.78, 5) is 59.1. The lowest BCUT2D eigenvalue weighted by Crippen LogP contribution is -2.46. The SMILES string of the molecule is CCOC(=O)C1(CC2CC2)CNC(=O)CCCN(C(=O)c2cn3cc(Cl)ccc3n2)CCNC(=O)COc2cc(ccc2OC)C1. The van der Waals surface area contributed by atoms with Gasteiger partial charge in [0.05, 0.1) is 24.2 Å². The van der Waals surface area contributed by atoms with E-state index in [9.17, 15) is 19.2 Å². The van der Waals surface area contributed by atoms with Gasteiger partial charge in [-0.25, -0.2) is 4.98 Å². The molecule has 1 fully saturated rings. The van der Waals surface area contributed by atoms with E-state index in [-0.39, 0.29) is 75.2 Å². The van der Waals surface area contributed by atoms with E-state index < -0.39 is 5.41 Å². The van der Waals surface area contributed by atoms with Gasteiger partial charge in [-0.3, -0.25) is 19.2 Å². The molecule has 1 aliphatic heterocycles. The number of nitrogens with one attached hydrogen (secondary N) is 2. The van der Waals surface area contributed by atoms with Gasteiger partial charge in [-0.2, -0.15) is 0 Å². The van der Waals surface area contributed by atoms with Crippen molar-refractivity contribution in [3.8, 4) is 11.5 Å². The van der Waals surface area contributed by atoms with E-state index in [0.29, 0.717) is 47.3 Å². The number of ether oxygens (including phenoxy) is 3. The maximum Gasteiger partial charge on any atom is 0.314 e. The molecule has 2 bridgehead atoms. The summed E-state index contributed by atoms with van der Waals surface area (Å²) in [6.45, 7) is 2.42. The first-order valence-electron chi connectivity index (χ1n) is 15.6. The van der Waals surface area contributed by atoms with Crippen LogP contribution in [-0.4, -0.2) is 84.5 Å². The largest absolute Gasteiger partial charge is 0.493 e. The third-order valence-corrected chi connectivity index (χ3v) is 8.52. The predicted octanol–water partition coefficient (Wildman–Crippen LogP) is 3.44. The van der Waals surface area contributed by atoms with Crippen LogP contribution in [0.3, 0.4) is 0 Å². The van der Waals surface area contributed by atoms with Gasteiger partial charge in [-0.1, -0.05) is 30.5 Å². The number of fused-ring (bicyclic) bond motifs is 3. The molecular formula is C33H40ClN5O7. The maximum absolute atomic E-state index is 13.6. The van der Waals surface area contributed by atoms with Gasteiger partial charge in [0.25, 0.3) is 11.8 Å². The third-order valence-electron chi connectivity index (χ3n) is 8.30. The molecule has 1 atom stereocenters. The number of imidazole rings is 1. The average molecular weight is 654 g/mol. The quantitative estimate of drug-likeness (QED) is 0.386. The fourth-order valence-corrected chi connectivity index (χ4v) is 5.95. The Morgan fingerprint density at radius 2 is 1.93 bits per heavy atom. The summed E-state index contributed by atoms with van der Waals surface area (Å²) in [5.41, 5.74) is 0.586. The third kappa shape index (κ3) is 8.28. The van der Waals surface area contributed by atoms with Crippen LogP contribution in [0.1, 0.15) is 55.1 Å². The zero-order valence-corrected chi connectivity index (χ0v) is 26.9. The van der Waals surface area contributed by atoms with Crippen LogP contribution in [0, 0.1) is 11.3 Å². The Morgan fingerprint density at radius 1 is 1.11 bits per heavy atom. The van der Waals surface area contributed by atoms with Gasteiger partial charge in [0.15, 0.2) is 18.1 Å². The molecule has 12 nitrogen and oxygen atoms in total. The van der Waals surface area contributed by atoms with E-state index in [0.717, 1.165) is 18.4 Å². The van der Waals surface area contributed by atoms with Crippen LogP contribution in [-0.2, 0) is 25.5 Å². The normalized spacial score (nSPS) is 20.1. The first kappa shape index (κ1) is 33.1. The Kier molecular flexibility index (Phi) is 10.7. The highest BCUT2D eigenvalue weighted by Gasteiger charge is 2.45. The minimum absolute atomic E-state index is 0.109. The number of hydrogen-bond donors (Lipinski definition) is 2. The molecule has 1 aromatic carbocycles. The number of halogens is 1. The van der Waals surface area contributed by atoms with E-state index in [1.54, 1.807) is 52.9 Å². The van der Waals surface area contributed by atoms with Gasteiger partial charge < -0.3 is 34.1 Å². The average Bonchev–Trinajstić information content (AvgIpc) is 3.75. The second kappa shape index (κ2) is 14.8. The Bertz CT molecular complexity index is 1590. The predicted molar refractivity (Wildman–Crippen MR) is 170 cm³/mol. The van der Waals surface area contributed by atoms with Gasteiger partial charge in [-0.15, -0.1) is 0 Å². The van der Waals surface area contributed by atoms with Crippen molar-refractivity contribution in [1.29, 1.82) is 0 Å². The van der Waals surface area contributed by atoms with Gasteiger partial charge in [0.1, 0.15) is 11.3 Å². The molecule has 2 aromatic heterocycles. The van der Waals surface area contributed by atoms with Crippen LogP contribution in [0.25, 0.3) is 5.65 Å². The molecule has 3 aromatic rings. The summed E-state index contributed by atoms with van der Waals surface area (Å²) in [7, 11) is 1.51. The lowest BCUT2D eigenvalue weighted by Gasteiger charge is -2.32. The molecule has 2 aliphatic rings. The number of amides is 3. The highest BCUT2D eigenvalue weighted by Crippen LogP contribution is 2.43. The van der Waals surface area contributed by atoms with Crippen molar-refractivity contribution in [3.63, 3.8) is 0 Å². The lowest BCUT2D eigenvalue weighted by molar-refractivity contribution is -0.156. The molecular weight excluding hydrogens is 614 g/mol. The van der Waals surface area contributed by atoms with Gasteiger partial charge in [0.2, 0.25) is 5.91 Å². The minimum Gasteiger partial charge on any atom is -0.493 e. The molecule has 3 amide bonds. The second-order valence-electron chi connectivity index (χ2n) is 11.9. The fourth-order valence-electron chi connectivity index (χ4n) is 5.78. The second-order valence-corrected chi connectivity index (χ2v) is 12.3. The number of nitrogens with zero attached hydrogens (tertiary/aromatic N) is 3. The Labute approximate surface area is 272 Å². The zero-order valence-electron chi connectivity index (χ0n) is 26.2. The molecule has 246 valence electrons. The lowest BCUT2D eigenvalue weighted by atomic mass is 9.76. The molecule has 2 N–H and O–H groups in total. The van der Waals surface area contributed by atoms with Crippen molar-refractivity contribution in [2.45, 2.75) is 45.4 Å². The zero-order chi connectivity index (χ0) is 32.7. The minimum atomic E-state index is -0.991. The van der Waals surface area contributed by atoms with Crippen LogP contribution in [0.4, 0.5) is 0 Å². The van der Waals surface area contributed by atoms with E-state index in [4.69, 9.17) is 25.8 Å². The highest BCUT2D eigenvalue weighted by molar-refractivity contribution is 6.30. The summed E-state index contributed by atoms with van der Waals surface area (Å²) in [5.74, 6) is -0.147. The molecule has 13 heteroatoms. The molecule has 0 saturated heterocycles. The van der Waals surface area contributed by atoms with Crippen molar-refractivity contribution in [3.05, 3.63) is 59.0 Å². The highest BCUT2D eigenvalue weighted by atomic mass is 35.5. The molecule has 3 heterocycles. The summed E-state index contributed by atoms with van der Waals surface area (Å²) in [5, 5.41) is 6.31. The first-order valence-corrected chi connectivity index (χ1v) is 16.0. The number of carbonyl (C=O) groups excluding carboxylic acids is 4. The van der Waals surface area contributed by atoms with Crippen molar-refractivity contribution in [2.75, 3.05) is 46.5 Å². The summed E-state index contributed by atoms with van der Waals surface area (Å²) in [6.07, 6.45) is 6.68.